The first-order valence-corrected chi connectivity index (χ1v) is 11.7. The Hall–Kier alpha value is -0.240. The summed E-state index contributed by atoms with van der Waals surface area (Å²) < 4.78 is 12.4. The lowest BCUT2D eigenvalue weighted by atomic mass is 9.43. The van der Waals surface area contributed by atoms with Crippen LogP contribution in [0.5, 0.6) is 0 Å². The molecular formula is C23H37NO5. The molecule has 6 rings (SSSR count). The van der Waals surface area contributed by atoms with E-state index in [1.165, 1.54) is 0 Å². The van der Waals surface area contributed by atoms with Crippen molar-refractivity contribution in [3.63, 3.8) is 0 Å². The number of likely N-dealkylation sites (tertiary alicyclic amines) is 1. The summed E-state index contributed by atoms with van der Waals surface area (Å²) in [6.45, 7) is 4.28. The van der Waals surface area contributed by atoms with Gasteiger partial charge in [0.25, 0.3) is 0 Å². The minimum absolute atomic E-state index is 0.0141. The third-order valence-corrected chi connectivity index (χ3v) is 11.1. The highest BCUT2D eigenvalue weighted by atomic mass is 16.5. The zero-order valence-corrected chi connectivity index (χ0v) is 18.0. The molecule has 5 saturated carbocycles. The van der Waals surface area contributed by atoms with Gasteiger partial charge in [0.1, 0.15) is 0 Å². The van der Waals surface area contributed by atoms with E-state index >= 15 is 0 Å². The predicted molar refractivity (Wildman–Crippen MR) is 106 cm³/mol. The van der Waals surface area contributed by atoms with Crippen LogP contribution in [0.15, 0.2) is 0 Å². The van der Waals surface area contributed by atoms with Crippen molar-refractivity contribution in [1.82, 2.24) is 4.90 Å². The minimum Gasteiger partial charge on any atom is -0.396 e. The Morgan fingerprint density at radius 3 is 2.59 bits per heavy atom. The normalized spacial score (nSPS) is 62.5. The van der Waals surface area contributed by atoms with Crippen LogP contribution in [0.1, 0.15) is 39.0 Å². The Bertz CT molecular complexity index is 705. The number of rotatable bonds is 4. The van der Waals surface area contributed by atoms with Crippen LogP contribution < -0.4 is 0 Å². The zero-order chi connectivity index (χ0) is 20.3. The molecule has 0 aromatic rings. The summed E-state index contributed by atoms with van der Waals surface area (Å²) in [4.78, 5) is 2.57. The van der Waals surface area contributed by atoms with Gasteiger partial charge in [0.15, 0.2) is 0 Å². The van der Waals surface area contributed by atoms with Crippen molar-refractivity contribution in [3.05, 3.63) is 0 Å². The van der Waals surface area contributed by atoms with Crippen molar-refractivity contribution in [2.24, 2.45) is 40.4 Å². The van der Waals surface area contributed by atoms with Crippen molar-refractivity contribution < 1.29 is 24.8 Å². The van der Waals surface area contributed by atoms with Gasteiger partial charge >= 0.3 is 0 Å². The highest BCUT2D eigenvalue weighted by Crippen LogP contribution is 2.79. The number of nitrogens with zero attached hydrogens (tertiary/aromatic N) is 1. The molecule has 1 heterocycles. The Kier molecular flexibility index (Phi) is 4.00. The lowest BCUT2D eigenvalue weighted by Gasteiger charge is -2.69. The first-order chi connectivity index (χ1) is 13.9. The molecule has 3 N–H and O–H groups in total. The summed E-state index contributed by atoms with van der Waals surface area (Å²) in [5.74, 6) is 1.01. The van der Waals surface area contributed by atoms with Crippen molar-refractivity contribution in [1.29, 1.82) is 0 Å². The van der Waals surface area contributed by atoms with E-state index in [-0.39, 0.29) is 59.4 Å². The van der Waals surface area contributed by atoms with E-state index in [0.29, 0.717) is 5.92 Å². The summed E-state index contributed by atoms with van der Waals surface area (Å²) in [5, 5.41) is 33.8. The predicted octanol–water partition coefficient (Wildman–Crippen LogP) is 0.877. The number of hydrogen-bond donors (Lipinski definition) is 3. The number of aliphatic hydroxyl groups excluding tert-OH is 3. The quantitative estimate of drug-likeness (QED) is 0.642. The molecule has 0 amide bonds. The Morgan fingerprint density at radius 1 is 1.14 bits per heavy atom. The molecule has 6 fully saturated rings. The van der Waals surface area contributed by atoms with Crippen molar-refractivity contribution in [2.45, 2.75) is 69.0 Å². The lowest BCUT2D eigenvalue weighted by molar-refractivity contribution is -0.277. The second-order valence-electron chi connectivity index (χ2n) is 11.1. The maximum Gasteiger partial charge on any atom is 0.0802 e. The summed E-state index contributed by atoms with van der Waals surface area (Å²) >= 11 is 0. The van der Waals surface area contributed by atoms with Gasteiger partial charge in [-0.2, -0.15) is 0 Å². The van der Waals surface area contributed by atoms with Gasteiger partial charge in [0.05, 0.1) is 30.5 Å². The first kappa shape index (κ1) is 19.4. The van der Waals surface area contributed by atoms with E-state index in [2.05, 4.69) is 11.8 Å². The topological polar surface area (TPSA) is 82.4 Å². The molecule has 0 aromatic heterocycles. The van der Waals surface area contributed by atoms with Gasteiger partial charge in [-0.3, -0.25) is 4.90 Å². The number of ether oxygens (including phenoxy) is 2. The van der Waals surface area contributed by atoms with Crippen LogP contribution in [0.3, 0.4) is 0 Å². The van der Waals surface area contributed by atoms with Gasteiger partial charge in [0, 0.05) is 61.8 Å². The van der Waals surface area contributed by atoms with E-state index in [9.17, 15) is 15.3 Å². The molecule has 1 aliphatic heterocycles. The number of fused-ring (bicyclic) bond motifs is 2. The third kappa shape index (κ3) is 1.85. The minimum atomic E-state index is -0.426. The highest BCUT2D eigenvalue weighted by molar-refractivity contribution is 5.33. The second-order valence-corrected chi connectivity index (χ2v) is 11.1. The standard InChI is InChI=1S/C23H37NO5/c1-4-24-10-21(11-25)6-5-17(26)23-13-7-12-15(28-2)9-22(29-3,18(13)19(12)27)14(20(23)24)8-16(21)23/h12-20,25-27H,4-11H2,1-3H3/t12-,13-,14+,15+,16-,17+,18-,19+,20?,21+,22+,23-/m1/s1. The largest absolute Gasteiger partial charge is 0.396 e. The lowest BCUT2D eigenvalue weighted by Crippen LogP contribution is -2.76. The van der Waals surface area contributed by atoms with Crippen molar-refractivity contribution in [3.8, 4) is 0 Å². The average Bonchev–Trinajstić information content (AvgIpc) is 3.14. The molecule has 12 atom stereocenters. The van der Waals surface area contributed by atoms with E-state index in [4.69, 9.17) is 9.47 Å². The summed E-state index contributed by atoms with van der Waals surface area (Å²) in [7, 11) is 3.60. The molecule has 7 bridgehead atoms. The van der Waals surface area contributed by atoms with E-state index < -0.39 is 11.7 Å². The molecule has 164 valence electrons. The van der Waals surface area contributed by atoms with Crippen LogP contribution in [0.2, 0.25) is 0 Å². The zero-order valence-electron chi connectivity index (χ0n) is 18.0. The van der Waals surface area contributed by atoms with Gasteiger partial charge in [-0.15, -0.1) is 0 Å². The Labute approximate surface area is 173 Å². The smallest absolute Gasteiger partial charge is 0.0802 e. The van der Waals surface area contributed by atoms with E-state index in [0.717, 1.165) is 45.2 Å². The molecule has 0 radical (unpaired) electrons. The van der Waals surface area contributed by atoms with Gasteiger partial charge in [0.2, 0.25) is 0 Å². The number of hydrogen-bond acceptors (Lipinski definition) is 6. The molecule has 6 heteroatoms. The molecular weight excluding hydrogens is 370 g/mol. The van der Waals surface area contributed by atoms with Crippen LogP contribution in [0.4, 0.5) is 0 Å². The molecule has 1 spiro atoms. The van der Waals surface area contributed by atoms with Gasteiger partial charge in [-0.05, 0) is 44.1 Å². The summed E-state index contributed by atoms with van der Waals surface area (Å²) in [5.41, 5.74) is -0.758. The monoisotopic (exact) mass is 407 g/mol. The molecule has 1 unspecified atom stereocenters. The molecule has 6 aliphatic rings. The number of piperidine rings is 1. The fourth-order valence-corrected chi connectivity index (χ4v) is 10.4. The third-order valence-electron chi connectivity index (χ3n) is 11.1. The van der Waals surface area contributed by atoms with Crippen LogP contribution >= 0.6 is 0 Å². The maximum absolute atomic E-state index is 11.7. The molecule has 1 saturated heterocycles. The van der Waals surface area contributed by atoms with Gasteiger partial charge < -0.3 is 24.8 Å². The SMILES string of the molecule is CCN1C[C@]2(CO)CC[C@H](O)[C@]34C1[C@H](C[C@H]23)[C@@]1(OC)C[C@H](OC)[C@H]2C[C@@H]4[C@@H]1[C@H]2O. The van der Waals surface area contributed by atoms with E-state index in [1.54, 1.807) is 7.11 Å². The van der Waals surface area contributed by atoms with E-state index in [1.807, 2.05) is 7.11 Å². The van der Waals surface area contributed by atoms with Crippen LogP contribution in [0, 0.1) is 40.4 Å². The molecule has 0 aromatic carbocycles. The van der Waals surface area contributed by atoms with Gasteiger partial charge in [-0.1, -0.05) is 6.92 Å². The van der Waals surface area contributed by atoms with Crippen molar-refractivity contribution in [2.75, 3.05) is 33.9 Å². The summed E-state index contributed by atoms with van der Waals surface area (Å²) in [6.07, 6.45) is 3.65. The van der Waals surface area contributed by atoms with Crippen LogP contribution in [-0.2, 0) is 9.47 Å². The molecule has 5 aliphatic carbocycles. The maximum atomic E-state index is 11.7. The molecule has 29 heavy (non-hydrogen) atoms. The second kappa shape index (κ2) is 5.96. The Morgan fingerprint density at radius 2 is 1.93 bits per heavy atom. The number of methoxy groups -OCH3 is 2. The Balaban J connectivity index is 1.60. The number of aliphatic hydroxyl groups is 3. The summed E-state index contributed by atoms with van der Waals surface area (Å²) in [6, 6.07) is 0.273. The van der Waals surface area contributed by atoms with Crippen LogP contribution in [-0.4, -0.2) is 84.1 Å². The fraction of sp³-hybridized carbons (Fsp3) is 1.00. The first-order valence-electron chi connectivity index (χ1n) is 11.7. The van der Waals surface area contributed by atoms with Gasteiger partial charge in [-0.25, -0.2) is 0 Å². The average molecular weight is 408 g/mol. The van der Waals surface area contributed by atoms with Crippen LogP contribution in [0.25, 0.3) is 0 Å². The van der Waals surface area contributed by atoms with Crippen molar-refractivity contribution >= 4 is 0 Å². The fourth-order valence-electron chi connectivity index (χ4n) is 10.4. The molecule has 6 nitrogen and oxygen atoms in total. The highest BCUT2D eigenvalue weighted by Gasteiger charge is 2.83.